The molecule has 0 saturated carbocycles. The third-order valence-corrected chi connectivity index (χ3v) is 4.29. The third kappa shape index (κ3) is 5.47. The molecule has 1 saturated heterocycles. The lowest BCUT2D eigenvalue weighted by Gasteiger charge is -2.33. The Hall–Kier alpha value is -2.57. The standard InChI is InChI=1S/C20H25N3O3/c1-25-18-9-5-8-17(12-18)22-20(24)21-13-19-15-23(10-11-26-19)14-16-6-3-2-4-7-16/h2-9,12,19H,10-11,13-15H2,1H3,(H2,21,22,24). The number of amides is 2. The summed E-state index contributed by atoms with van der Waals surface area (Å²) in [4.78, 5) is 14.4. The zero-order chi connectivity index (χ0) is 18.2. The quantitative estimate of drug-likeness (QED) is 0.836. The van der Waals surface area contributed by atoms with E-state index in [1.165, 1.54) is 5.56 Å². The Kier molecular flexibility index (Phi) is 6.46. The summed E-state index contributed by atoms with van der Waals surface area (Å²) in [5.41, 5.74) is 1.98. The van der Waals surface area contributed by atoms with Crippen LogP contribution in [0.15, 0.2) is 54.6 Å². The molecule has 1 aliphatic heterocycles. The van der Waals surface area contributed by atoms with Crippen LogP contribution >= 0.6 is 0 Å². The largest absolute Gasteiger partial charge is 0.497 e. The van der Waals surface area contributed by atoms with Gasteiger partial charge >= 0.3 is 6.03 Å². The van der Waals surface area contributed by atoms with Crippen molar-refractivity contribution in [2.45, 2.75) is 12.6 Å². The second-order valence-corrected chi connectivity index (χ2v) is 6.28. The van der Waals surface area contributed by atoms with Gasteiger partial charge in [0.15, 0.2) is 0 Å². The number of urea groups is 1. The molecule has 1 fully saturated rings. The highest BCUT2D eigenvalue weighted by atomic mass is 16.5. The van der Waals surface area contributed by atoms with Gasteiger partial charge in [-0.15, -0.1) is 0 Å². The number of benzene rings is 2. The van der Waals surface area contributed by atoms with E-state index >= 15 is 0 Å². The highest BCUT2D eigenvalue weighted by Crippen LogP contribution is 2.16. The number of ether oxygens (including phenoxy) is 2. The molecule has 0 bridgehead atoms. The van der Waals surface area contributed by atoms with Gasteiger partial charge in [0, 0.05) is 37.9 Å². The van der Waals surface area contributed by atoms with Crippen LogP contribution in [0.2, 0.25) is 0 Å². The molecular weight excluding hydrogens is 330 g/mol. The van der Waals surface area contributed by atoms with Gasteiger partial charge in [-0.1, -0.05) is 36.4 Å². The second-order valence-electron chi connectivity index (χ2n) is 6.28. The number of hydrogen-bond donors (Lipinski definition) is 2. The molecule has 2 amide bonds. The summed E-state index contributed by atoms with van der Waals surface area (Å²) in [5, 5.41) is 5.69. The number of nitrogens with zero attached hydrogens (tertiary/aromatic N) is 1. The molecule has 1 aliphatic rings. The maximum Gasteiger partial charge on any atom is 0.319 e. The summed E-state index contributed by atoms with van der Waals surface area (Å²) in [6, 6.07) is 17.4. The van der Waals surface area contributed by atoms with Crippen molar-refractivity contribution in [2.24, 2.45) is 0 Å². The zero-order valence-electron chi connectivity index (χ0n) is 15.0. The smallest absolute Gasteiger partial charge is 0.319 e. The first kappa shape index (κ1) is 18.2. The molecule has 1 atom stereocenters. The molecule has 6 heteroatoms. The average molecular weight is 355 g/mol. The van der Waals surface area contributed by atoms with Gasteiger partial charge in [0.1, 0.15) is 5.75 Å². The van der Waals surface area contributed by atoms with Crippen molar-refractivity contribution in [3.8, 4) is 5.75 Å². The van der Waals surface area contributed by atoms with Gasteiger partial charge < -0.3 is 20.1 Å². The van der Waals surface area contributed by atoms with Gasteiger partial charge in [0.25, 0.3) is 0 Å². The van der Waals surface area contributed by atoms with E-state index in [9.17, 15) is 4.79 Å². The number of rotatable bonds is 6. The van der Waals surface area contributed by atoms with Gasteiger partial charge in [-0.05, 0) is 17.7 Å². The van der Waals surface area contributed by atoms with E-state index in [-0.39, 0.29) is 12.1 Å². The zero-order valence-corrected chi connectivity index (χ0v) is 15.0. The van der Waals surface area contributed by atoms with Gasteiger partial charge in [0.2, 0.25) is 0 Å². The fourth-order valence-electron chi connectivity index (χ4n) is 2.97. The molecule has 0 aliphatic carbocycles. The van der Waals surface area contributed by atoms with E-state index in [4.69, 9.17) is 9.47 Å². The van der Waals surface area contributed by atoms with Crippen LogP contribution < -0.4 is 15.4 Å². The molecule has 0 spiro atoms. The van der Waals surface area contributed by atoms with Crippen LogP contribution in [0.25, 0.3) is 0 Å². The Morgan fingerprint density at radius 3 is 2.88 bits per heavy atom. The molecule has 1 unspecified atom stereocenters. The van der Waals surface area contributed by atoms with E-state index in [1.807, 2.05) is 24.3 Å². The van der Waals surface area contributed by atoms with Crippen LogP contribution in [0.3, 0.4) is 0 Å². The topological polar surface area (TPSA) is 62.8 Å². The molecular formula is C20H25N3O3. The minimum absolute atomic E-state index is 0.0106. The normalized spacial score (nSPS) is 17.5. The highest BCUT2D eigenvalue weighted by Gasteiger charge is 2.21. The average Bonchev–Trinajstić information content (AvgIpc) is 2.68. The summed E-state index contributed by atoms with van der Waals surface area (Å²) in [6.45, 7) is 3.75. The van der Waals surface area contributed by atoms with Crippen molar-refractivity contribution in [1.82, 2.24) is 10.2 Å². The Morgan fingerprint density at radius 1 is 1.23 bits per heavy atom. The summed E-state index contributed by atoms with van der Waals surface area (Å²) < 4.78 is 10.9. The van der Waals surface area contributed by atoms with Crippen molar-refractivity contribution in [2.75, 3.05) is 38.7 Å². The van der Waals surface area contributed by atoms with E-state index in [0.717, 1.165) is 19.6 Å². The Labute approximate surface area is 154 Å². The number of morpholine rings is 1. The minimum Gasteiger partial charge on any atom is -0.497 e. The van der Waals surface area contributed by atoms with Crippen molar-refractivity contribution in [3.05, 3.63) is 60.2 Å². The molecule has 3 rings (SSSR count). The lowest BCUT2D eigenvalue weighted by molar-refractivity contribution is -0.0285. The van der Waals surface area contributed by atoms with E-state index in [0.29, 0.717) is 24.6 Å². The Balaban J connectivity index is 1.44. The molecule has 0 aromatic heterocycles. The molecule has 2 aromatic carbocycles. The predicted molar refractivity (Wildman–Crippen MR) is 101 cm³/mol. The number of methoxy groups -OCH3 is 1. The lowest BCUT2D eigenvalue weighted by Crippen LogP contribution is -2.47. The molecule has 1 heterocycles. The number of anilines is 1. The fourth-order valence-corrected chi connectivity index (χ4v) is 2.97. The monoisotopic (exact) mass is 355 g/mol. The second kappa shape index (κ2) is 9.22. The molecule has 138 valence electrons. The van der Waals surface area contributed by atoms with Gasteiger partial charge in [-0.3, -0.25) is 4.90 Å². The molecule has 26 heavy (non-hydrogen) atoms. The molecule has 0 radical (unpaired) electrons. The first-order valence-corrected chi connectivity index (χ1v) is 8.80. The van der Waals surface area contributed by atoms with Gasteiger partial charge in [0.05, 0.1) is 19.8 Å². The van der Waals surface area contributed by atoms with Crippen LogP contribution in [0, 0.1) is 0 Å². The number of nitrogens with one attached hydrogen (secondary N) is 2. The first-order chi connectivity index (χ1) is 12.7. The predicted octanol–water partition coefficient (Wildman–Crippen LogP) is 2.72. The fraction of sp³-hybridized carbons (Fsp3) is 0.350. The van der Waals surface area contributed by atoms with Gasteiger partial charge in [-0.2, -0.15) is 0 Å². The molecule has 2 aromatic rings. The maximum absolute atomic E-state index is 12.1. The first-order valence-electron chi connectivity index (χ1n) is 8.80. The van der Waals surface area contributed by atoms with E-state index in [2.05, 4.69) is 39.8 Å². The van der Waals surface area contributed by atoms with Gasteiger partial charge in [-0.25, -0.2) is 4.79 Å². The Morgan fingerprint density at radius 2 is 2.08 bits per heavy atom. The van der Waals surface area contributed by atoms with Crippen molar-refractivity contribution >= 4 is 11.7 Å². The van der Waals surface area contributed by atoms with Crippen LogP contribution in [0.1, 0.15) is 5.56 Å². The van der Waals surface area contributed by atoms with E-state index < -0.39 is 0 Å². The molecule has 2 N–H and O–H groups in total. The number of carbonyl (C=O) groups is 1. The third-order valence-electron chi connectivity index (χ3n) is 4.29. The van der Waals surface area contributed by atoms with Crippen LogP contribution in [-0.2, 0) is 11.3 Å². The minimum atomic E-state index is -0.248. The Bertz CT molecular complexity index is 708. The summed E-state index contributed by atoms with van der Waals surface area (Å²) in [5.74, 6) is 0.704. The summed E-state index contributed by atoms with van der Waals surface area (Å²) in [7, 11) is 1.60. The van der Waals surface area contributed by atoms with Crippen molar-refractivity contribution in [3.63, 3.8) is 0 Å². The van der Waals surface area contributed by atoms with Crippen molar-refractivity contribution < 1.29 is 14.3 Å². The SMILES string of the molecule is COc1cccc(NC(=O)NCC2CN(Cc3ccccc3)CCO2)c1. The van der Waals surface area contributed by atoms with Crippen molar-refractivity contribution in [1.29, 1.82) is 0 Å². The summed E-state index contributed by atoms with van der Waals surface area (Å²) in [6.07, 6.45) is -0.0106. The number of carbonyl (C=O) groups excluding carboxylic acids is 1. The van der Waals surface area contributed by atoms with Crippen LogP contribution in [0.4, 0.5) is 10.5 Å². The van der Waals surface area contributed by atoms with E-state index in [1.54, 1.807) is 13.2 Å². The molecule has 6 nitrogen and oxygen atoms in total. The van der Waals surface area contributed by atoms with Crippen LogP contribution in [-0.4, -0.2) is 50.4 Å². The van der Waals surface area contributed by atoms with Crippen LogP contribution in [0.5, 0.6) is 5.75 Å². The highest BCUT2D eigenvalue weighted by molar-refractivity contribution is 5.89. The lowest BCUT2D eigenvalue weighted by atomic mass is 10.2. The maximum atomic E-state index is 12.1. The number of hydrogen-bond acceptors (Lipinski definition) is 4. The summed E-state index contributed by atoms with van der Waals surface area (Å²) >= 11 is 0.